The van der Waals surface area contributed by atoms with Crippen molar-refractivity contribution in [3.8, 4) is 17.2 Å². The zero-order valence-corrected chi connectivity index (χ0v) is 11.4. The van der Waals surface area contributed by atoms with E-state index in [4.69, 9.17) is 14.2 Å². The van der Waals surface area contributed by atoms with Crippen LogP contribution in [0.25, 0.3) is 4.96 Å². The molecule has 2 aromatic heterocycles. The maximum absolute atomic E-state index is 5.71. The molecule has 20 heavy (non-hydrogen) atoms. The molecule has 0 saturated heterocycles. The Kier molecular flexibility index (Phi) is 2.49. The largest absolute Gasteiger partial charge is 0.486 e. The minimum atomic E-state index is 0.259. The van der Waals surface area contributed by atoms with E-state index in [0.29, 0.717) is 12.4 Å². The summed E-state index contributed by atoms with van der Waals surface area (Å²) in [6, 6.07) is 5.49. The lowest BCUT2D eigenvalue weighted by Gasteiger charge is -2.04. The molecule has 1 aromatic carbocycles. The molecule has 3 aromatic rings. The number of fused-ring (bicyclic) bond motifs is 2. The fourth-order valence-electron chi connectivity index (χ4n) is 1.92. The molecule has 4 rings (SSSR count). The molecule has 7 nitrogen and oxygen atoms in total. The SMILES string of the molecule is Cc1nnc2sc(COc3ccc4c(c3)OCO4)nn12. The predicted octanol–water partition coefficient (Wildman–Crippen LogP) is 1.80. The number of benzene rings is 1. The van der Waals surface area contributed by atoms with Crippen LogP contribution in [0.2, 0.25) is 0 Å². The van der Waals surface area contributed by atoms with Crippen molar-refractivity contribution in [3.63, 3.8) is 0 Å². The second kappa shape index (κ2) is 4.34. The van der Waals surface area contributed by atoms with Gasteiger partial charge in [0, 0.05) is 6.07 Å². The van der Waals surface area contributed by atoms with Crippen molar-refractivity contribution in [2.75, 3.05) is 6.79 Å². The molecule has 0 N–H and O–H groups in total. The fourth-order valence-corrected chi connectivity index (χ4v) is 2.72. The van der Waals surface area contributed by atoms with Crippen molar-refractivity contribution in [2.45, 2.75) is 13.5 Å². The van der Waals surface area contributed by atoms with Crippen molar-refractivity contribution in [1.29, 1.82) is 0 Å². The Bertz CT molecular complexity index is 782. The smallest absolute Gasteiger partial charge is 0.234 e. The summed E-state index contributed by atoms with van der Waals surface area (Å²) in [5.74, 6) is 2.94. The van der Waals surface area contributed by atoms with Crippen molar-refractivity contribution >= 4 is 16.3 Å². The molecule has 0 saturated carbocycles. The average molecular weight is 290 g/mol. The molecule has 1 aliphatic rings. The molecule has 102 valence electrons. The molecule has 8 heteroatoms. The van der Waals surface area contributed by atoms with Crippen LogP contribution in [-0.2, 0) is 6.61 Å². The Morgan fingerprint density at radius 2 is 2.20 bits per heavy atom. The fraction of sp³-hybridized carbons (Fsp3) is 0.250. The zero-order valence-electron chi connectivity index (χ0n) is 10.6. The molecule has 1 aliphatic heterocycles. The minimum absolute atomic E-state index is 0.259. The number of hydrogen-bond donors (Lipinski definition) is 0. The highest BCUT2D eigenvalue weighted by molar-refractivity contribution is 7.16. The van der Waals surface area contributed by atoms with Gasteiger partial charge in [0.25, 0.3) is 0 Å². The van der Waals surface area contributed by atoms with E-state index in [9.17, 15) is 0 Å². The van der Waals surface area contributed by atoms with Gasteiger partial charge < -0.3 is 14.2 Å². The summed E-state index contributed by atoms with van der Waals surface area (Å²) >= 11 is 1.46. The van der Waals surface area contributed by atoms with Crippen LogP contribution in [-0.4, -0.2) is 26.6 Å². The minimum Gasteiger partial charge on any atom is -0.486 e. The van der Waals surface area contributed by atoms with E-state index in [-0.39, 0.29) is 6.79 Å². The van der Waals surface area contributed by atoms with E-state index in [0.717, 1.165) is 27.3 Å². The molecule has 0 amide bonds. The number of aromatic nitrogens is 4. The van der Waals surface area contributed by atoms with Crippen LogP contribution in [0, 0.1) is 6.92 Å². The van der Waals surface area contributed by atoms with Crippen molar-refractivity contribution in [3.05, 3.63) is 29.0 Å². The van der Waals surface area contributed by atoms with Crippen LogP contribution >= 0.6 is 11.3 Å². The number of ether oxygens (including phenoxy) is 3. The van der Waals surface area contributed by atoms with Crippen LogP contribution in [0.5, 0.6) is 17.2 Å². The lowest BCUT2D eigenvalue weighted by molar-refractivity contribution is 0.173. The highest BCUT2D eigenvalue weighted by atomic mass is 32.1. The molecular formula is C12H10N4O3S. The topological polar surface area (TPSA) is 70.8 Å². The van der Waals surface area contributed by atoms with E-state index in [2.05, 4.69) is 15.3 Å². The second-order valence-corrected chi connectivity index (χ2v) is 5.28. The first-order chi connectivity index (χ1) is 9.79. The Morgan fingerprint density at radius 3 is 3.10 bits per heavy atom. The Balaban J connectivity index is 1.52. The summed E-state index contributed by atoms with van der Waals surface area (Å²) in [6.45, 7) is 2.50. The van der Waals surface area contributed by atoms with Gasteiger partial charge in [-0.25, -0.2) is 0 Å². The second-order valence-electron chi connectivity index (χ2n) is 4.24. The summed E-state index contributed by atoms with van der Waals surface area (Å²) in [4.78, 5) is 0.770. The molecule has 0 atom stereocenters. The summed E-state index contributed by atoms with van der Waals surface area (Å²) in [6.07, 6.45) is 0. The van der Waals surface area contributed by atoms with Crippen molar-refractivity contribution in [1.82, 2.24) is 19.8 Å². The van der Waals surface area contributed by atoms with Crippen LogP contribution in [0.1, 0.15) is 10.8 Å². The maximum atomic E-state index is 5.71. The molecule has 3 heterocycles. The van der Waals surface area contributed by atoms with Gasteiger partial charge >= 0.3 is 0 Å². The lowest BCUT2D eigenvalue weighted by Crippen LogP contribution is -1.97. The quantitative estimate of drug-likeness (QED) is 0.732. The van der Waals surface area contributed by atoms with Crippen molar-refractivity contribution in [2.24, 2.45) is 0 Å². The molecule has 0 unspecified atom stereocenters. The highest BCUT2D eigenvalue weighted by Gasteiger charge is 2.14. The van der Waals surface area contributed by atoms with E-state index in [1.165, 1.54) is 11.3 Å². The number of hydrogen-bond acceptors (Lipinski definition) is 7. The van der Waals surface area contributed by atoms with Gasteiger partial charge in [-0.2, -0.15) is 9.61 Å². The molecular weight excluding hydrogens is 280 g/mol. The third-order valence-electron chi connectivity index (χ3n) is 2.89. The molecule has 0 bridgehead atoms. The van der Waals surface area contributed by atoms with Gasteiger partial charge in [0.15, 0.2) is 22.3 Å². The molecule has 0 spiro atoms. The van der Waals surface area contributed by atoms with Gasteiger partial charge in [-0.1, -0.05) is 11.3 Å². The van der Waals surface area contributed by atoms with E-state index in [1.54, 1.807) is 4.52 Å². The van der Waals surface area contributed by atoms with E-state index in [1.807, 2.05) is 25.1 Å². The average Bonchev–Trinajstić information content (AvgIpc) is 3.14. The van der Waals surface area contributed by atoms with Crippen LogP contribution in [0.15, 0.2) is 18.2 Å². The number of aryl methyl sites for hydroxylation is 1. The van der Waals surface area contributed by atoms with Gasteiger partial charge in [0.2, 0.25) is 11.8 Å². The predicted molar refractivity (Wildman–Crippen MR) is 70.3 cm³/mol. The first-order valence-corrected chi connectivity index (χ1v) is 6.81. The highest BCUT2D eigenvalue weighted by Crippen LogP contribution is 2.35. The first kappa shape index (κ1) is 11.5. The maximum Gasteiger partial charge on any atom is 0.234 e. The summed E-state index contributed by atoms with van der Waals surface area (Å²) in [5, 5.41) is 13.2. The molecule has 0 aliphatic carbocycles. The Morgan fingerprint density at radius 1 is 1.30 bits per heavy atom. The first-order valence-electron chi connectivity index (χ1n) is 6.00. The normalized spacial score (nSPS) is 13.1. The summed E-state index contributed by atoms with van der Waals surface area (Å²) in [7, 11) is 0. The summed E-state index contributed by atoms with van der Waals surface area (Å²) in [5.41, 5.74) is 0. The summed E-state index contributed by atoms with van der Waals surface area (Å²) < 4.78 is 18.0. The van der Waals surface area contributed by atoms with Gasteiger partial charge in [-0.15, -0.1) is 10.2 Å². The molecule has 0 fully saturated rings. The molecule has 0 radical (unpaired) electrons. The third kappa shape index (κ3) is 1.85. The van der Waals surface area contributed by atoms with E-state index >= 15 is 0 Å². The third-order valence-corrected chi connectivity index (χ3v) is 3.77. The van der Waals surface area contributed by atoms with Crippen LogP contribution in [0.3, 0.4) is 0 Å². The van der Waals surface area contributed by atoms with Crippen LogP contribution < -0.4 is 14.2 Å². The van der Waals surface area contributed by atoms with Gasteiger partial charge in [0.05, 0.1) is 0 Å². The van der Waals surface area contributed by atoms with Gasteiger partial charge in [0.1, 0.15) is 12.4 Å². The Hall–Kier alpha value is -2.35. The monoisotopic (exact) mass is 290 g/mol. The van der Waals surface area contributed by atoms with Crippen molar-refractivity contribution < 1.29 is 14.2 Å². The standard InChI is InChI=1S/C12H10N4O3S/c1-7-13-14-12-16(7)15-11(20-12)5-17-8-2-3-9-10(4-8)19-6-18-9/h2-4H,5-6H2,1H3. The lowest BCUT2D eigenvalue weighted by atomic mass is 10.3. The Labute approximate surface area is 117 Å². The zero-order chi connectivity index (χ0) is 13.5. The van der Waals surface area contributed by atoms with Crippen LogP contribution in [0.4, 0.5) is 0 Å². The van der Waals surface area contributed by atoms with Gasteiger partial charge in [-0.05, 0) is 19.1 Å². The van der Waals surface area contributed by atoms with E-state index < -0.39 is 0 Å². The number of nitrogens with zero attached hydrogens (tertiary/aromatic N) is 4. The van der Waals surface area contributed by atoms with Gasteiger partial charge in [-0.3, -0.25) is 0 Å². The number of rotatable bonds is 3.